The summed E-state index contributed by atoms with van der Waals surface area (Å²) in [4.78, 5) is 26.3. The number of nitrogens with zero attached hydrogens (tertiary/aromatic N) is 11. The van der Waals surface area contributed by atoms with Crippen LogP contribution < -0.4 is 14.4 Å². The summed E-state index contributed by atoms with van der Waals surface area (Å²) in [6, 6.07) is 66.3. The fourth-order valence-electron chi connectivity index (χ4n) is 7.41. The number of anilines is 1. The third-order valence-corrected chi connectivity index (χ3v) is 11.6. The summed E-state index contributed by atoms with van der Waals surface area (Å²) in [6.45, 7) is 59.0. The molecule has 0 aliphatic carbocycles. The third kappa shape index (κ3) is 70.3. The van der Waals surface area contributed by atoms with Crippen LogP contribution in [0.4, 0.5) is 40.8 Å². The van der Waals surface area contributed by atoms with Gasteiger partial charge in [0.2, 0.25) is 0 Å². The van der Waals surface area contributed by atoms with Crippen LogP contribution >= 0.6 is 19.2 Å². The zero-order valence-electron chi connectivity index (χ0n) is 72.2. The summed E-state index contributed by atoms with van der Waals surface area (Å²) in [5, 5.41) is 25.0. The first-order valence-electron chi connectivity index (χ1n) is 34.5. The van der Waals surface area contributed by atoms with Gasteiger partial charge in [-0.1, -0.05) is 172 Å². The molecule has 6 aromatic heterocycles. The van der Waals surface area contributed by atoms with Crippen molar-refractivity contribution in [2.45, 2.75) is 83.1 Å². The first-order chi connectivity index (χ1) is 56.2. The van der Waals surface area contributed by atoms with Crippen LogP contribution in [-0.2, 0) is 116 Å². The predicted octanol–water partition coefficient (Wildman–Crippen LogP) is 26.6. The fourth-order valence-corrected chi connectivity index (χ4v) is 7.41. The number of ether oxygens (including phenoxy) is 2. The second kappa shape index (κ2) is 78.9. The maximum Gasteiger partial charge on any atom is 3.00 e. The molecule has 0 aliphatic heterocycles. The standard InChI is InChI=1S/C13H11F2N2.2C12H8F2NO.C11H6F2N.2C11H8N.4C5H11.4CN.2CH3.2ClH.6Ir/c1-17(2)10-5-6-16-13(8-10)11-4-3-9(14)7-12(11)15;2*1-16-9-4-5-15-12(7-9)10-3-2-8(13)6-11(10)14;12-8-4-5-9(10(13)7-8)11-3-1-2-6-14-11;2*1-2-6-10(7-3-1)11-8-4-5-9-12-11;4*1-5(2,3)4;4*1-2;;;;;;;;;;/h3,5-8H,1-2H3;2*2,4-7H,1H3;1-4,6-7H;2*1-6,8-9H;4*1H2,2-4H3;;;;;2*1H3;2*1H;;;;;;/q16*-1;;;6*+3/p-2. The van der Waals surface area contributed by atoms with Crippen LogP contribution in [0.25, 0.3) is 67.5 Å². The van der Waals surface area contributed by atoms with Crippen molar-refractivity contribution in [2.75, 3.05) is 33.2 Å². The van der Waals surface area contributed by atoms with Crippen LogP contribution in [0.3, 0.4) is 0 Å². The molecule has 6 aromatic carbocycles. The SMILES string of the molecule is CN(C)c1ccnc(-c2[c-]cc(F)cc2F)c1.COc1ccnc(-c2[c-]cc(F)cc2F)c1.COc1ccnc(-c2[c-]cc(F)cc2F)c1.Fc1c[c-]c(-c2ccccn2)c(F)c1.[C-]#N.[C-]#N.[C-]#N.[C-]#N.[CH2-]C(C)(C)C.[CH2-]C(C)(C)C.[CH2-]C(C)(C)C.[CH2-]C(C)(C)C.[CH3-].[CH3-].[Cl][Ir+2].[Cl][Ir+2].[Ir+3].[Ir+3].[Ir+3].[Ir+3].[c-]1ccccc1-c1ccccn1.[c-]1ccccc1-c1ccccn1. The molecule has 674 valence electrons. The Kier molecular flexibility index (Phi) is 86.5. The van der Waals surface area contributed by atoms with Crippen molar-refractivity contribution in [3.8, 4) is 79.0 Å². The summed E-state index contributed by atoms with van der Waals surface area (Å²) >= 11 is 2.94. The van der Waals surface area contributed by atoms with Crippen molar-refractivity contribution in [2.24, 2.45) is 21.7 Å². The molecule has 0 aliphatic rings. The van der Waals surface area contributed by atoms with E-state index in [-0.39, 0.29) is 139 Å². The van der Waals surface area contributed by atoms with Gasteiger partial charge in [-0.05, 0) is 82.7 Å². The Balaban J connectivity index is -0.000000147. The summed E-state index contributed by atoms with van der Waals surface area (Å²) in [6.07, 6.45) is 9.69. The monoisotopic (exact) mass is 2820 g/mol. The van der Waals surface area contributed by atoms with E-state index in [0.29, 0.717) is 34.3 Å². The number of hydrogen-bond acceptors (Lipinski definition) is 13. The molecule has 0 spiro atoms. The van der Waals surface area contributed by atoms with E-state index in [1.807, 2.05) is 110 Å². The van der Waals surface area contributed by atoms with Gasteiger partial charge in [0.05, 0.1) is 14.2 Å². The van der Waals surface area contributed by atoms with Gasteiger partial charge >= 0.3 is 135 Å². The average molecular weight is 2820 g/mol. The van der Waals surface area contributed by atoms with Gasteiger partial charge in [-0.3, -0.25) is 35.1 Å². The van der Waals surface area contributed by atoms with Crippen molar-refractivity contribution < 1.29 is 161 Å². The van der Waals surface area contributed by atoms with Crippen molar-refractivity contribution in [3.63, 3.8) is 0 Å². The molecule has 0 N–H and O–H groups in total. The van der Waals surface area contributed by atoms with E-state index >= 15 is 0 Å². The van der Waals surface area contributed by atoms with Gasteiger partial charge < -0.3 is 134 Å². The third-order valence-electron chi connectivity index (χ3n) is 11.6. The minimum atomic E-state index is -0.694. The molecule has 0 saturated carbocycles. The smallest absolute Gasteiger partial charge is 0.305 e. The number of methoxy groups -OCH3 is 2. The Hall–Kier alpha value is -8.50. The molecule has 0 radical (unpaired) electrons. The topological polar surface area (TPSA) is 194 Å². The van der Waals surface area contributed by atoms with Crippen molar-refractivity contribution >= 4 is 24.9 Å². The molecule has 12 aromatic rings. The Morgan fingerprint density at radius 2 is 0.552 bits per heavy atom. The van der Waals surface area contributed by atoms with Crippen LogP contribution in [0, 0.1) is 194 Å². The Labute approximate surface area is 822 Å². The van der Waals surface area contributed by atoms with Gasteiger partial charge in [-0.2, -0.15) is 21.7 Å². The first-order valence-corrected chi connectivity index (χ1v) is 40.5. The van der Waals surface area contributed by atoms with E-state index < -0.39 is 46.5 Å². The largest absolute Gasteiger partial charge is 3.00 e. The van der Waals surface area contributed by atoms with Gasteiger partial charge in [0.25, 0.3) is 0 Å². The van der Waals surface area contributed by atoms with Crippen molar-refractivity contribution in [1.82, 2.24) is 29.9 Å². The van der Waals surface area contributed by atoms with Gasteiger partial charge in [0.1, 0.15) is 11.5 Å². The Morgan fingerprint density at radius 1 is 0.328 bits per heavy atom. The summed E-state index contributed by atoms with van der Waals surface area (Å²) in [7, 11) is 16.0. The molecule has 0 unspecified atom stereocenters. The Morgan fingerprint density at radius 3 is 0.768 bits per heavy atom. The van der Waals surface area contributed by atoms with Crippen molar-refractivity contribution in [1.29, 1.82) is 21.0 Å². The molecule has 0 saturated heterocycles. The molecule has 13 nitrogen and oxygen atoms in total. The maximum atomic E-state index is 13.5. The van der Waals surface area contributed by atoms with Crippen LogP contribution in [0.15, 0.2) is 225 Å². The quantitative estimate of drug-likeness (QED) is 0.0979. The number of aromatic nitrogens is 6. The molecule has 0 fully saturated rings. The molecule has 12 rings (SSSR count). The minimum Gasteiger partial charge on any atom is -0.305 e. The van der Waals surface area contributed by atoms with Crippen LogP contribution in [0.2, 0.25) is 0 Å². The molecule has 6 heterocycles. The molecular weight excluding hydrogens is 2720 g/mol. The van der Waals surface area contributed by atoms with E-state index in [1.165, 1.54) is 62.4 Å². The summed E-state index contributed by atoms with van der Waals surface area (Å²) in [5.74, 6) is -4.19. The number of hydrogen-bond donors (Lipinski definition) is 0. The van der Waals surface area contributed by atoms with E-state index in [0.717, 1.165) is 76.7 Å². The predicted molar refractivity (Wildman–Crippen MR) is 462 cm³/mol. The normalized spacial score (nSPS) is 9.09. The van der Waals surface area contributed by atoms with Crippen LogP contribution in [-0.4, -0.2) is 58.2 Å². The average Bonchev–Trinajstić information content (AvgIpc) is 0.839. The zero-order chi connectivity index (χ0) is 91.9. The first kappa shape index (κ1) is 137. The van der Waals surface area contributed by atoms with Crippen LogP contribution in [0.1, 0.15) is 83.1 Å². The van der Waals surface area contributed by atoms with E-state index in [1.54, 1.807) is 73.3 Å². The molecule has 0 atom stereocenters. The minimum absolute atomic E-state index is 0. The molecule has 0 bridgehead atoms. The Bertz CT molecular complexity index is 4410. The number of pyridine rings is 6. The van der Waals surface area contributed by atoms with E-state index in [9.17, 15) is 35.1 Å². The van der Waals surface area contributed by atoms with Crippen LogP contribution in [0.5, 0.6) is 11.5 Å². The fraction of sp³-hybridized carbons (Fsp3) is 0.208. The molecule has 0 amide bonds. The second-order valence-electron chi connectivity index (χ2n) is 28.1. The van der Waals surface area contributed by atoms with Gasteiger partial charge in [0, 0.05) is 104 Å². The van der Waals surface area contributed by atoms with Gasteiger partial charge in [0.15, 0.2) is 0 Å². The summed E-state index contributed by atoms with van der Waals surface area (Å²) < 4.78 is 114. The maximum absolute atomic E-state index is 13.5. The molecule has 29 heteroatoms. The van der Waals surface area contributed by atoms with Gasteiger partial charge in [-0.25, -0.2) is 0 Å². The van der Waals surface area contributed by atoms with Gasteiger partial charge in [-0.15, -0.1) is 120 Å². The van der Waals surface area contributed by atoms with E-state index in [4.69, 9.17) is 56.8 Å². The van der Waals surface area contributed by atoms with E-state index in [2.05, 4.69) is 196 Å². The number of rotatable bonds is 9. The number of halogens is 10. The molecular formula is C96H99Cl2F8Ir6N11O2. The second-order valence-corrected chi connectivity index (χ2v) is 28.1. The molecule has 125 heavy (non-hydrogen) atoms. The number of benzene rings is 6. The summed E-state index contributed by atoms with van der Waals surface area (Å²) in [5.41, 5.74) is 8.13. The van der Waals surface area contributed by atoms with Crippen molar-refractivity contribution in [3.05, 3.63) is 377 Å². The zero-order valence-corrected chi connectivity index (χ0v) is 88.1.